The molecule has 0 bridgehead atoms. The van der Waals surface area contributed by atoms with E-state index < -0.39 is 0 Å². The molecule has 0 amide bonds. The molecule has 31 heavy (non-hydrogen) atoms. The lowest BCUT2D eigenvalue weighted by molar-refractivity contribution is 0.289. The topological polar surface area (TPSA) is 45.8 Å². The van der Waals surface area contributed by atoms with E-state index in [-0.39, 0.29) is 0 Å². The van der Waals surface area contributed by atoms with Gasteiger partial charge in [0.1, 0.15) is 11.5 Å². The first-order valence-electron chi connectivity index (χ1n) is 11.4. The Morgan fingerprint density at radius 3 is 2.61 bits per heavy atom. The summed E-state index contributed by atoms with van der Waals surface area (Å²) in [5.41, 5.74) is 9.78. The largest absolute Gasteiger partial charge is 0.497 e. The first-order chi connectivity index (χ1) is 15.2. The van der Waals surface area contributed by atoms with E-state index in [1.54, 1.807) is 7.11 Å². The highest BCUT2D eigenvalue weighted by Crippen LogP contribution is 2.26. The van der Waals surface area contributed by atoms with Crippen molar-refractivity contribution in [3.63, 3.8) is 0 Å². The minimum Gasteiger partial charge on any atom is -0.497 e. The zero-order valence-electron chi connectivity index (χ0n) is 18.7. The number of rotatable bonds is 9. The van der Waals surface area contributed by atoms with Gasteiger partial charge in [0, 0.05) is 25.2 Å². The number of ether oxygens (including phenoxy) is 2. The van der Waals surface area contributed by atoms with Crippen molar-refractivity contribution in [2.45, 2.75) is 38.3 Å². The van der Waals surface area contributed by atoms with E-state index >= 15 is 0 Å². The molecule has 2 aliphatic heterocycles. The van der Waals surface area contributed by atoms with E-state index in [1.165, 1.54) is 37.1 Å². The summed E-state index contributed by atoms with van der Waals surface area (Å²) in [6, 6.07) is 19.4. The average molecular weight is 422 g/mol. The second-order valence-electron chi connectivity index (χ2n) is 8.83. The molecular formula is C26H35N3O2. The van der Waals surface area contributed by atoms with Crippen LogP contribution >= 0.6 is 0 Å². The van der Waals surface area contributed by atoms with Gasteiger partial charge in [-0.1, -0.05) is 42.0 Å². The van der Waals surface area contributed by atoms with Gasteiger partial charge in [0.2, 0.25) is 0 Å². The summed E-state index contributed by atoms with van der Waals surface area (Å²) in [5, 5.41) is 0. The molecule has 0 radical (unpaired) electrons. The Labute approximate surface area is 186 Å². The Kier molecular flexibility index (Phi) is 7.62. The van der Waals surface area contributed by atoms with Crippen LogP contribution in [0, 0.1) is 5.92 Å². The van der Waals surface area contributed by atoms with Crippen LogP contribution in [0.2, 0.25) is 0 Å². The third kappa shape index (κ3) is 6.33. The molecule has 5 heteroatoms. The Balaban J connectivity index is 1.17. The summed E-state index contributed by atoms with van der Waals surface area (Å²) in [6.45, 7) is 6.39. The maximum atomic E-state index is 5.90. The van der Waals surface area contributed by atoms with Crippen LogP contribution in [0.1, 0.15) is 31.7 Å². The van der Waals surface area contributed by atoms with Gasteiger partial charge in [-0.05, 0) is 68.5 Å². The Morgan fingerprint density at radius 1 is 1.06 bits per heavy atom. The fraction of sp³-hybridized carbons (Fsp3) is 0.462. The first kappa shape index (κ1) is 21.9. The van der Waals surface area contributed by atoms with Crippen LogP contribution < -0.4 is 20.3 Å². The number of methoxy groups -OCH3 is 1. The number of hydrogen-bond donors (Lipinski definition) is 2. The predicted molar refractivity (Wildman–Crippen MR) is 126 cm³/mol. The van der Waals surface area contributed by atoms with E-state index in [0.29, 0.717) is 18.0 Å². The SMILES string of the molecule is COc1ccc(OCCC2CC(C3CCN(C/C(C)=C/c4ccccc4)C3)NN2)cc1. The van der Waals surface area contributed by atoms with Gasteiger partial charge >= 0.3 is 0 Å². The van der Waals surface area contributed by atoms with Crippen molar-refractivity contribution < 1.29 is 9.47 Å². The van der Waals surface area contributed by atoms with E-state index in [2.05, 4.69) is 59.1 Å². The van der Waals surface area contributed by atoms with Crippen molar-refractivity contribution in [2.24, 2.45) is 5.92 Å². The highest BCUT2D eigenvalue weighted by atomic mass is 16.5. The molecule has 2 fully saturated rings. The zero-order chi connectivity index (χ0) is 21.5. The standard InChI is InChI=1S/C26H35N3O2/c1-20(16-21-6-4-3-5-7-21)18-29-14-12-22(19-29)26-17-23(27-28-26)13-15-31-25-10-8-24(30-2)9-11-25/h3-11,16,22-23,26-28H,12-15,17-19H2,1-2H3/b20-16+. The number of benzene rings is 2. The second kappa shape index (κ2) is 10.8. The average Bonchev–Trinajstić information content (AvgIpc) is 3.44. The van der Waals surface area contributed by atoms with Crippen molar-refractivity contribution in [2.75, 3.05) is 33.4 Å². The van der Waals surface area contributed by atoms with Gasteiger partial charge in [0.05, 0.1) is 13.7 Å². The van der Waals surface area contributed by atoms with Crippen LogP contribution in [0.3, 0.4) is 0 Å². The molecule has 3 atom stereocenters. The molecule has 2 aromatic rings. The fourth-order valence-electron chi connectivity index (χ4n) is 4.71. The first-order valence-corrected chi connectivity index (χ1v) is 11.4. The van der Waals surface area contributed by atoms with Gasteiger partial charge in [0.15, 0.2) is 0 Å². The zero-order valence-corrected chi connectivity index (χ0v) is 18.7. The van der Waals surface area contributed by atoms with Gasteiger partial charge in [-0.2, -0.15) is 0 Å². The fourth-order valence-corrected chi connectivity index (χ4v) is 4.71. The molecule has 0 aliphatic carbocycles. The smallest absolute Gasteiger partial charge is 0.119 e. The van der Waals surface area contributed by atoms with Crippen molar-refractivity contribution >= 4 is 6.08 Å². The quantitative estimate of drug-likeness (QED) is 0.638. The molecule has 3 unspecified atom stereocenters. The number of nitrogens with one attached hydrogen (secondary N) is 2. The molecular weight excluding hydrogens is 386 g/mol. The number of likely N-dealkylation sites (tertiary alicyclic amines) is 1. The van der Waals surface area contributed by atoms with Crippen LogP contribution in [0.15, 0.2) is 60.2 Å². The summed E-state index contributed by atoms with van der Waals surface area (Å²) >= 11 is 0. The monoisotopic (exact) mass is 421 g/mol. The predicted octanol–water partition coefficient (Wildman–Crippen LogP) is 4.12. The summed E-state index contributed by atoms with van der Waals surface area (Å²) in [7, 11) is 1.68. The van der Waals surface area contributed by atoms with Crippen LogP contribution in [0.25, 0.3) is 6.08 Å². The van der Waals surface area contributed by atoms with Crippen molar-refractivity contribution in [3.8, 4) is 11.5 Å². The summed E-state index contributed by atoms with van der Waals surface area (Å²) in [6.07, 6.45) is 5.75. The molecule has 0 saturated carbocycles. The van der Waals surface area contributed by atoms with Gasteiger partial charge < -0.3 is 9.47 Å². The van der Waals surface area contributed by atoms with Crippen LogP contribution in [0.5, 0.6) is 11.5 Å². The highest BCUT2D eigenvalue weighted by molar-refractivity contribution is 5.52. The third-order valence-corrected chi connectivity index (χ3v) is 6.37. The van der Waals surface area contributed by atoms with E-state index in [0.717, 1.165) is 31.1 Å². The molecule has 0 spiro atoms. The van der Waals surface area contributed by atoms with E-state index in [4.69, 9.17) is 9.47 Å². The van der Waals surface area contributed by atoms with E-state index in [1.807, 2.05) is 24.3 Å². The van der Waals surface area contributed by atoms with Gasteiger partial charge in [0.25, 0.3) is 0 Å². The minimum atomic E-state index is 0.469. The lowest BCUT2D eigenvalue weighted by Gasteiger charge is -2.20. The molecule has 2 saturated heterocycles. The molecule has 2 aromatic carbocycles. The van der Waals surface area contributed by atoms with Crippen LogP contribution in [-0.4, -0.2) is 50.3 Å². The summed E-state index contributed by atoms with van der Waals surface area (Å²) in [5.74, 6) is 2.46. The summed E-state index contributed by atoms with van der Waals surface area (Å²) in [4.78, 5) is 2.60. The molecule has 5 nitrogen and oxygen atoms in total. The van der Waals surface area contributed by atoms with Crippen molar-refractivity contribution in [3.05, 3.63) is 65.7 Å². The second-order valence-corrected chi connectivity index (χ2v) is 8.83. The number of hydrazine groups is 1. The Morgan fingerprint density at radius 2 is 1.84 bits per heavy atom. The molecule has 4 rings (SSSR count). The molecule has 2 N–H and O–H groups in total. The summed E-state index contributed by atoms with van der Waals surface area (Å²) < 4.78 is 11.1. The minimum absolute atomic E-state index is 0.469. The van der Waals surface area contributed by atoms with Crippen molar-refractivity contribution in [1.29, 1.82) is 0 Å². The van der Waals surface area contributed by atoms with Gasteiger partial charge in [-0.3, -0.25) is 15.8 Å². The number of nitrogens with zero attached hydrogens (tertiary/aromatic N) is 1. The van der Waals surface area contributed by atoms with Crippen LogP contribution in [0.4, 0.5) is 0 Å². The molecule has 2 aliphatic rings. The normalized spacial score (nSPS) is 24.5. The van der Waals surface area contributed by atoms with Gasteiger partial charge in [-0.25, -0.2) is 0 Å². The Bertz CT molecular complexity index is 837. The molecule has 2 heterocycles. The lowest BCUT2D eigenvalue weighted by atomic mass is 9.94. The maximum absolute atomic E-state index is 5.90. The van der Waals surface area contributed by atoms with Gasteiger partial charge in [-0.15, -0.1) is 0 Å². The Hall–Kier alpha value is -2.34. The number of hydrogen-bond acceptors (Lipinski definition) is 5. The molecule has 0 aromatic heterocycles. The lowest BCUT2D eigenvalue weighted by Crippen LogP contribution is -2.38. The van der Waals surface area contributed by atoms with Crippen molar-refractivity contribution in [1.82, 2.24) is 15.8 Å². The van der Waals surface area contributed by atoms with Crippen LogP contribution in [-0.2, 0) is 0 Å². The maximum Gasteiger partial charge on any atom is 0.119 e. The molecule has 166 valence electrons. The third-order valence-electron chi connectivity index (χ3n) is 6.37. The van der Waals surface area contributed by atoms with E-state index in [9.17, 15) is 0 Å². The highest BCUT2D eigenvalue weighted by Gasteiger charge is 2.34.